The molecule has 0 saturated carbocycles. The van der Waals surface area contributed by atoms with Gasteiger partial charge in [-0.25, -0.2) is 0 Å². The number of phenols is 1. The Morgan fingerprint density at radius 3 is 2.53 bits per heavy atom. The number of aromatic hydroxyl groups is 1. The Morgan fingerprint density at radius 2 is 1.89 bits per heavy atom. The quantitative estimate of drug-likeness (QED) is 0.752. The molecule has 0 spiro atoms. The molecular weight excluding hydrogens is 264 g/mol. The van der Waals surface area contributed by atoms with E-state index in [1.165, 1.54) is 0 Å². The van der Waals surface area contributed by atoms with Crippen LogP contribution in [-0.2, 0) is 6.54 Å². The molecule has 98 valence electrons. The van der Waals surface area contributed by atoms with Crippen molar-refractivity contribution in [1.82, 2.24) is 0 Å². The van der Waals surface area contributed by atoms with E-state index in [1.807, 2.05) is 0 Å². The maximum Gasteiger partial charge on any atom is 0.249 e. The SMILES string of the molecule is NC(=O)c1ccc(Cl)cc1CNc1ccc(O)cc1. The van der Waals surface area contributed by atoms with E-state index >= 15 is 0 Å². The van der Waals surface area contributed by atoms with Crippen molar-refractivity contribution in [3.63, 3.8) is 0 Å². The van der Waals surface area contributed by atoms with E-state index in [-0.39, 0.29) is 5.75 Å². The molecule has 0 radical (unpaired) electrons. The van der Waals surface area contributed by atoms with Crippen molar-refractivity contribution in [3.05, 3.63) is 58.6 Å². The standard InChI is InChI=1S/C14H13ClN2O2/c15-10-1-6-13(14(16)19)9(7-10)8-17-11-2-4-12(18)5-3-11/h1-7,17-18H,8H2,(H2,16,19). The van der Waals surface area contributed by atoms with Gasteiger partial charge >= 0.3 is 0 Å². The molecule has 0 aliphatic heterocycles. The Morgan fingerprint density at radius 1 is 1.21 bits per heavy atom. The number of nitrogens with two attached hydrogens (primary N) is 1. The van der Waals surface area contributed by atoms with Gasteiger partial charge in [-0.3, -0.25) is 4.79 Å². The third-order valence-electron chi connectivity index (χ3n) is 2.68. The van der Waals surface area contributed by atoms with Crippen LogP contribution in [0.5, 0.6) is 5.75 Å². The highest BCUT2D eigenvalue weighted by Crippen LogP contribution is 2.19. The molecule has 1 amide bonds. The molecule has 0 heterocycles. The maximum absolute atomic E-state index is 11.3. The number of primary amides is 1. The van der Waals surface area contributed by atoms with Crippen molar-refractivity contribution in [2.24, 2.45) is 5.73 Å². The fourth-order valence-electron chi connectivity index (χ4n) is 1.73. The first-order valence-electron chi connectivity index (χ1n) is 5.67. The van der Waals surface area contributed by atoms with Crippen LogP contribution in [0.15, 0.2) is 42.5 Å². The smallest absolute Gasteiger partial charge is 0.249 e. The van der Waals surface area contributed by atoms with Gasteiger partial charge in [-0.1, -0.05) is 11.6 Å². The summed E-state index contributed by atoms with van der Waals surface area (Å²) >= 11 is 5.91. The summed E-state index contributed by atoms with van der Waals surface area (Å²) in [5.74, 6) is -0.287. The molecular formula is C14H13ClN2O2. The lowest BCUT2D eigenvalue weighted by Crippen LogP contribution is -2.15. The van der Waals surface area contributed by atoms with Crippen LogP contribution in [-0.4, -0.2) is 11.0 Å². The van der Waals surface area contributed by atoms with E-state index in [2.05, 4.69) is 5.32 Å². The van der Waals surface area contributed by atoms with Gasteiger partial charge in [0.15, 0.2) is 0 Å². The van der Waals surface area contributed by atoms with Crippen molar-refractivity contribution in [2.75, 3.05) is 5.32 Å². The molecule has 0 bridgehead atoms. The van der Waals surface area contributed by atoms with E-state index in [0.717, 1.165) is 11.3 Å². The summed E-state index contributed by atoms with van der Waals surface area (Å²) in [6.07, 6.45) is 0. The Labute approximate surface area is 115 Å². The summed E-state index contributed by atoms with van der Waals surface area (Å²) in [6.45, 7) is 0.420. The molecule has 4 N–H and O–H groups in total. The van der Waals surface area contributed by atoms with Crippen LogP contribution >= 0.6 is 11.6 Å². The molecule has 5 heteroatoms. The van der Waals surface area contributed by atoms with E-state index in [0.29, 0.717) is 17.1 Å². The zero-order chi connectivity index (χ0) is 13.8. The Hall–Kier alpha value is -2.20. The number of phenolic OH excluding ortho intramolecular Hbond substituents is 1. The number of anilines is 1. The number of benzene rings is 2. The number of amides is 1. The molecule has 0 saturated heterocycles. The third kappa shape index (κ3) is 3.39. The van der Waals surface area contributed by atoms with Crippen LogP contribution in [0.4, 0.5) is 5.69 Å². The summed E-state index contributed by atoms with van der Waals surface area (Å²) in [5.41, 5.74) is 7.31. The molecule has 0 unspecified atom stereocenters. The third-order valence-corrected chi connectivity index (χ3v) is 2.92. The van der Waals surface area contributed by atoms with Crippen molar-refractivity contribution in [3.8, 4) is 5.75 Å². The zero-order valence-corrected chi connectivity index (χ0v) is 10.8. The lowest BCUT2D eigenvalue weighted by molar-refractivity contribution is 0.0999. The van der Waals surface area contributed by atoms with Crippen molar-refractivity contribution < 1.29 is 9.90 Å². The molecule has 0 aromatic heterocycles. The molecule has 2 aromatic carbocycles. The van der Waals surface area contributed by atoms with Gasteiger partial charge in [0.2, 0.25) is 5.91 Å². The lowest BCUT2D eigenvalue weighted by atomic mass is 10.1. The average molecular weight is 277 g/mol. The van der Waals surface area contributed by atoms with Gasteiger partial charge in [-0.05, 0) is 48.0 Å². The van der Waals surface area contributed by atoms with E-state index < -0.39 is 5.91 Å². The second kappa shape index (κ2) is 5.63. The second-order valence-electron chi connectivity index (χ2n) is 4.07. The molecule has 0 fully saturated rings. The van der Waals surface area contributed by atoms with Crippen LogP contribution in [0.25, 0.3) is 0 Å². The minimum absolute atomic E-state index is 0.200. The van der Waals surface area contributed by atoms with Crippen LogP contribution in [0.2, 0.25) is 5.02 Å². The first-order valence-corrected chi connectivity index (χ1v) is 6.05. The highest BCUT2D eigenvalue weighted by Gasteiger charge is 2.08. The van der Waals surface area contributed by atoms with Crippen LogP contribution in [0, 0.1) is 0 Å². The molecule has 2 aromatic rings. The first kappa shape index (κ1) is 13.2. The molecule has 2 rings (SSSR count). The van der Waals surface area contributed by atoms with Gasteiger partial charge in [0.05, 0.1) is 0 Å². The predicted octanol–water partition coefficient (Wildman–Crippen LogP) is 2.76. The van der Waals surface area contributed by atoms with Crippen molar-refractivity contribution in [1.29, 1.82) is 0 Å². The predicted molar refractivity (Wildman–Crippen MR) is 75.4 cm³/mol. The Balaban J connectivity index is 2.16. The highest BCUT2D eigenvalue weighted by atomic mass is 35.5. The fraction of sp³-hybridized carbons (Fsp3) is 0.0714. The topological polar surface area (TPSA) is 75.4 Å². The summed E-state index contributed by atoms with van der Waals surface area (Å²) in [4.78, 5) is 11.3. The molecule has 0 aliphatic rings. The van der Waals surface area contributed by atoms with Crippen LogP contribution in [0.3, 0.4) is 0 Å². The molecule has 4 nitrogen and oxygen atoms in total. The number of hydrogen-bond acceptors (Lipinski definition) is 3. The van der Waals surface area contributed by atoms with Gasteiger partial charge in [0, 0.05) is 22.8 Å². The summed E-state index contributed by atoms with van der Waals surface area (Å²) in [6, 6.07) is 11.6. The van der Waals surface area contributed by atoms with Gasteiger partial charge in [0.1, 0.15) is 5.75 Å². The lowest BCUT2D eigenvalue weighted by Gasteiger charge is -2.10. The van der Waals surface area contributed by atoms with Gasteiger partial charge < -0.3 is 16.2 Å². The molecule has 0 aliphatic carbocycles. The monoisotopic (exact) mass is 276 g/mol. The van der Waals surface area contributed by atoms with E-state index in [9.17, 15) is 9.90 Å². The van der Waals surface area contributed by atoms with Gasteiger partial charge in [0.25, 0.3) is 0 Å². The highest BCUT2D eigenvalue weighted by molar-refractivity contribution is 6.30. The number of hydrogen-bond donors (Lipinski definition) is 3. The molecule has 19 heavy (non-hydrogen) atoms. The van der Waals surface area contributed by atoms with Gasteiger partial charge in [-0.2, -0.15) is 0 Å². The fourth-order valence-corrected chi connectivity index (χ4v) is 1.92. The van der Waals surface area contributed by atoms with Crippen molar-refractivity contribution >= 4 is 23.2 Å². The first-order chi connectivity index (χ1) is 9.06. The number of carbonyl (C=O) groups excluding carboxylic acids is 1. The number of rotatable bonds is 4. The number of carbonyl (C=O) groups is 1. The minimum Gasteiger partial charge on any atom is -0.508 e. The minimum atomic E-state index is -0.487. The normalized spacial score (nSPS) is 10.2. The number of nitrogens with one attached hydrogen (secondary N) is 1. The zero-order valence-electron chi connectivity index (χ0n) is 10.1. The second-order valence-corrected chi connectivity index (χ2v) is 4.50. The number of halogens is 1. The maximum atomic E-state index is 11.3. The van der Waals surface area contributed by atoms with Gasteiger partial charge in [-0.15, -0.1) is 0 Å². The van der Waals surface area contributed by atoms with Crippen molar-refractivity contribution in [2.45, 2.75) is 6.54 Å². The van der Waals surface area contributed by atoms with Crippen LogP contribution in [0.1, 0.15) is 15.9 Å². The summed E-state index contributed by atoms with van der Waals surface area (Å²) in [7, 11) is 0. The Bertz CT molecular complexity index is 597. The Kier molecular flexibility index (Phi) is 3.92. The average Bonchev–Trinajstić information content (AvgIpc) is 2.38. The summed E-state index contributed by atoms with van der Waals surface area (Å²) in [5, 5.41) is 12.9. The summed E-state index contributed by atoms with van der Waals surface area (Å²) < 4.78 is 0. The van der Waals surface area contributed by atoms with Crippen LogP contribution < -0.4 is 11.1 Å². The van der Waals surface area contributed by atoms with E-state index in [4.69, 9.17) is 17.3 Å². The van der Waals surface area contributed by atoms with E-state index in [1.54, 1.807) is 42.5 Å². The largest absolute Gasteiger partial charge is 0.508 e. The molecule has 0 atom stereocenters.